The van der Waals surface area contributed by atoms with E-state index in [9.17, 15) is 9.59 Å². The van der Waals surface area contributed by atoms with Crippen LogP contribution in [0.2, 0.25) is 0 Å². The Morgan fingerprint density at radius 3 is 1.53 bits per heavy atom. The molecular weight excluding hydrogens is 376 g/mol. The number of carboxylic acid groups (broad SMARTS) is 1. The number of rotatable bonds is 18. The molecule has 0 aromatic heterocycles. The van der Waals surface area contributed by atoms with Gasteiger partial charge in [-0.25, -0.2) is 9.59 Å². The number of hydrogen-bond donors (Lipinski definition) is 1. The van der Waals surface area contributed by atoms with E-state index in [2.05, 4.69) is 13.8 Å². The highest BCUT2D eigenvalue weighted by atomic mass is 16.5. The first-order chi connectivity index (χ1) is 14.5. The molecule has 0 amide bonds. The van der Waals surface area contributed by atoms with Crippen LogP contribution in [0.4, 0.5) is 0 Å². The van der Waals surface area contributed by atoms with Crippen LogP contribution in [0.1, 0.15) is 124 Å². The molecular formula is C26H42O4. The zero-order chi connectivity index (χ0) is 22.0. The summed E-state index contributed by atoms with van der Waals surface area (Å²) in [6, 6.07) is 5.84. The summed E-state index contributed by atoms with van der Waals surface area (Å²) >= 11 is 0. The van der Waals surface area contributed by atoms with Gasteiger partial charge in [-0.3, -0.25) is 0 Å². The zero-order valence-electron chi connectivity index (χ0n) is 19.2. The molecule has 0 saturated carbocycles. The number of aromatic carboxylic acids is 1. The Morgan fingerprint density at radius 2 is 1.10 bits per heavy atom. The van der Waals surface area contributed by atoms with E-state index in [-0.39, 0.29) is 11.5 Å². The fraction of sp³-hybridized carbons (Fsp3) is 0.692. The Hall–Kier alpha value is -1.84. The number of benzene rings is 1. The van der Waals surface area contributed by atoms with Crippen LogP contribution in [-0.4, -0.2) is 23.7 Å². The third-order valence-corrected chi connectivity index (χ3v) is 5.53. The average Bonchev–Trinajstić information content (AvgIpc) is 2.73. The SMILES string of the molecule is CC(C)CCCCCCCCCCCCCCCOC(=O)c1ccc(C(=O)O)cc1. The molecule has 0 heterocycles. The quantitative estimate of drug-likeness (QED) is 0.196. The van der Waals surface area contributed by atoms with E-state index in [0.29, 0.717) is 12.2 Å². The molecule has 0 unspecified atom stereocenters. The maximum atomic E-state index is 11.9. The Balaban J connectivity index is 1.86. The first kappa shape index (κ1) is 26.2. The molecule has 0 saturated heterocycles. The van der Waals surface area contributed by atoms with Gasteiger partial charge in [-0.05, 0) is 36.6 Å². The monoisotopic (exact) mass is 418 g/mol. The fourth-order valence-electron chi connectivity index (χ4n) is 3.60. The van der Waals surface area contributed by atoms with Crippen molar-refractivity contribution in [2.24, 2.45) is 5.92 Å². The molecule has 1 aromatic rings. The van der Waals surface area contributed by atoms with Crippen molar-refractivity contribution in [3.8, 4) is 0 Å². The summed E-state index contributed by atoms with van der Waals surface area (Å²) in [7, 11) is 0. The van der Waals surface area contributed by atoms with Crippen molar-refractivity contribution in [3.63, 3.8) is 0 Å². The third-order valence-electron chi connectivity index (χ3n) is 5.53. The van der Waals surface area contributed by atoms with Crippen molar-refractivity contribution in [2.75, 3.05) is 6.61 Å². The van der Waals surface area contributed by atoms with Crippen LogP contribution < -0.4 is 0 Å². The lowest BCUT2D eigenvalue weighted by atomic mass is 10.0. The van der Waals surface area contributed by atoms with Crippen LogP contribution in [0.25, 0.3) is 0 Å². The second-order valence-corrected chi connectivity index (χ2v) is 8.80. The first-order valence-corrected chi connectivity index (χ1v) is 12.0. The molecule has 30 heavy (non-hydrogen) atoms. The van der Waals surface area contributed by atoms with Gasteiger partial charge in [0.2, 0.25) is 0 Å². The number of hydrogen-bond acceptors (Lipinski definition) is 3. The summed E-state index contributed by atoms with van der Waals surface area (Å²) in [5.41, 5.74) is 0.569. The highest BCUT2D eigenvalue weighted by Gasteiger charge is 2.08. The molecule has 170 valence electrons. The van der Waals surface area contributed by atoms with Gasteiger partial charge >= 0.3 is 11.9 Å². The van der Waals surface area contributed by atoms with Gasteiger partial charge in [0.1, 0.15) is 0 Å². The lowest BCUT2D eigenvalue weighted by molar-refractivity contribution is 0.0496. The lowest BCUT2D eigenvalue weighted by Crippen LogP contribution is -2.07. The maximum absolute atomic E-state index is 11.9. The van der Waals surface area contributed by atoms with Crippen LogP contribution in [0.15, 0.2) is 24.3 Å². The van der Waals surface area contributed by atoms with E-state index in [1.54, 1.807) is 0 Å². The Labute approximate surface area is 183 Å². The molecule has 0 aliphatic heterocycles. The molecule has 0 bridgehead atoms. The van der Waals surface area contributed by atoms with Crippen molar-refractivity contribution in [2.45, 2.75) is 104 Å². The van der Waals surface area contributed by atoms with Gasteiger partial charge in [0.25, 0.3) is 0 Å². The van der Waals surface area contributed by atoms with Gasteiger partial charge in [-0.1, -0.05) is 97.3 Å². The number of carboxylic acids is 1. The summed E-state index contributed by atoms with van der Waals surface area (Å²) in [6.07, 6.45) is 18.2. The van der Waals surface area contributed by atoms with E-state index in [4.69, 9.17) is 9.84 Å². The largest absolute Gasteiger partial charge is 0.478 e. The highest BCUT2D eigenvalue weighted by Crippen LogP contribution is 2.14. The van der Waals surface area contributed by atoms with E-state index >= 15 is 0 Å². The molecule has 4 nitrogen and oxygen atoms in total. The molecule has 0 fully saturated rings. The van der Waals surface area contributed by atoms with Crippen molar-refractivity contribution >= 4 is 11.9 Å². The van der Waals surface area contributed by atoms with Crippen LogP contribution in [-0.2, 0) is 4.74 Å². The standard InChI is InChI=1S/C26H42O4/c1-22(2)16-14-12-10-8-6-4-3-5-7-9-11-13-15-21-30-26(29)24-19-17-23(18-20-24)25(27)28/h17-20,22H,3-16,21H2,1-2H3,(H,27,28). The normalized spacial score (nSPS) is 11.0. The predicted octanol–water partition coefficient (Wildman–Crippen LogP) is 7.66. The Bertz CT molecular complexity index is 577. The van der Waals surface area contributed by atoms with E-state index in [0.717, 1.165) is 18.8 Å². The van der Waals surface area contributed by atoms with Gasteiger partial charge in [0, 0.05) is 0 Å². The minimum Gasteiger partial charge on any atom is -0.478 e. The van der Waals surface area contributed by atoms with Crippen LogP contribution >= 0.6 is 0 Å². The summed E-state index contributed by atoms with van der Waals surface area (Å²) in [5, 5.41) is 8.86. The predicted molar refractivity (Wildman–Crippen MR) is 123 cm³/mol. The minimum absolute atomic E-state index is 0.170. The number of unbranched alkanes of at least 4 members (excludes halogenated alkanes) is 12. The van der Waals surface area contributed by atoms with Crippen molar-refractivity contribution in [3.05, 3.63) is 35.4 Å². The summed E-state index contributed by atoms with van der Waals surface area (Å²) < 4.78 is 5.26. The van der Waals surface area contributed by atoms with E-state index in [1.807, 2.05) is 0 Å². The molecule has 1 N–H and O–H groups in total. The molecule has 0 aliphatic carbocycles. The van der Waals surface area contributed by atoms with Crippen molar-refractivity contribution in [1.29, 1.82) is 0 Å². The zero-order valence-corrected chi connectivity index (χ0v) is 19.2. The maximum Gasteiger partial charge on any atom is 0.338 e. The van der Waals surface area contributed by atoms with Gasteiger partial charge in [-0.2, -0.15) is 0 Å². The topological polar surface area (TPSA) is 63.6 Å². The summed E-state index contributed by atoms with van der Waals surface area (Å²) in [4.78, 5) is 22.7. The van der Waals surface area contributed by atoms with Gasteiger partial charge in [0.15, 0.2) is 0 Å². The van der Waals surface area contributed by atoms with Crippen LogP contribution in [0.5, 0.6) is 0 Å². The molecule has 0 aliphatic rings. The number of carbonyl (C=O) groups excluding carboxylic acids is 1. The molecule has 4 heteroatoms. The minimum atomic E-state index is -0.998. The van der Waals surface area contributed by atoms with E-state index < -0.39 is 5.97 Å². The Kier molecular flexibility index (Phi) is 14.8. The van der Waals surface area contributed by atoms with Crippen LogP contribution in [0, 0.1) is 5.92 Å². The first-order valence-electron chi connectivity index (χ1n) is 12.0. The number of carbonyl (C=O) groups is 2. The second kappa shape index (κ2) is 16.9. The Morgan fingerprint density at radius 1 is 0.700 bits per heavy atom. The lowest BCUT2D eigenvalue weighted by Gasteiger charge is -2.06. The molecule has 0 radical (unpaired) electrons. The number of ether oxygens (including phenoxy) is 1. The molecule has 0 atom stereocenters. The van der Waals surface area contributed by atoms with E-state index in [1.165, 1.54) is 101 Å². The van der Waals surface area contributed by atoms with Gasteiger partial charge in [-0.15, -0.1) is 0 Å². The molecule has 1 aromatic carbocycles. The third kappa shape index (κ3) is 13.4. The summed E-state index contributed by atoms with van der Waals surface area (Å²) in [6.45, 7) is 5.04. The van der Waals surface area contributed by atoms with Gasteiger partial charge in [0.05, 0.1) is 17.7 Å². The van der Waals surface area contributed by atoms with Crippen molar-refractivity contribution < 1.29 is 19.4 Å². The van der Waals surface area contributed by atoms with Gasteiger partial charge < -0.3 is 9.84 Å². The highest BCUT2D eigenvalue weighted by molar-refractivity contribution is 5.92. The summed E-state index contributed by atoms with van der Waals surface area (Å²) in [5.74, 6) is -0.528. The van der Waals surface area contributed by atoms with Crippen molar-refractivity contribution in [1.82, 2.24) is 0 Å². The average molecular weight is 419 g/mol. The number of esters is 1. The smallest absolute Gasteiger partial charge is 0.338 e. The molecule has 0 spiro atoms. The second-order valence-electron chi connectivity index (χ2n) is 8.80. The molecule has 1 rings (SSSR count). The van der Waals surface area contributed by atoms with Crippen LogP contribution in [0.3, 0.4) is 0 Å². The fourth-order valence-corrected chi connectivity index (χ4v) is 3.60.